The molecule has 0 saturated carbocycles. The smallest absolute Gasteiger partial charge is 0.303 e. The molecule has 0 aliphatic heterocycles. The van der Waals surface area contributed by atoms with Crippen LogP contribution in [0, 0.1) is 6.92 Å². The Morgan fingerprint density at radius 2 is 2.06 bits per heavy atom. The van der Waals surface area contributed by atoms with Gasteiger partial charge in [-0.1, -0.05) is 18.2 Å². The predicted octanol–water partition coefficient (Wildman–Crippen LogP) is 2.07. The number of hydrogen-bond donors (Lipinski definition) is 2. The van der Waals surface area contributed by atoms with Gasteiger partial charge in [0.15, 0.2) is 0 Å². The van der Waals surface area contributed by atoms with E-state index in [-0.39, 0.29) is 12.3 Å². The first-order valence-corrected chi connectivity index (χ1v) is 6.75. The van der Waals surface area contributed by atoms with E-state index in [1.807, 2.05) is 31.2 Å². The van der Waals surface area contributed by atoms with E-state index in [1.54, 1.807) is 0 Å². The molecule has 1 amide bonds. The van der Waals surface area contributed by atoms with Gasteiger partial charge in [-0.25, -0.2) is 0 Å². The number of carbonyl (C=O) groups is 2. The van der Waals surface area contributed by atoms with Crippen molar-refractivity contribution < 1.29 is 14.7 Å². The first-order valence-electron chi connectivity index (χ1n) is 5.76. The Morgan fingerprint density at radius 1 is 1.33 bits per heavy atom. The van der Waals surface area contributed by atoms with E-state index in [0.717, 1.165) is 10.5 Å². The molecule has 0 aliphatic rings. The maximum absolute atomic E-state index is 11.5. The summed E-state index contributed by atoms with van der Waals surface area (Å²) in [5.74, 6) is -0.537. The highest BCUT2D eigenvalue weighted by atomic mass is 32.2. The lowest BCUT2D eigenvalue weighted by molar-refractivity contribution is -0.137. The Bertz CT molecular complexity index is 420. The van der Waals surface area contributed by atoms with Gasteiger partial charge in [0.05, 0.1) is 5.75 Å². The van der Waals surface area contributed by atoms with E-state index in [1.165, 1.54) is 11.8 Å². The average Bonchev–Trinajstić information content (AvgIpc) is 2.33. The fourth-order valence-electron chi connectivity index (χ4n) is 1.38. The monoisotopic (exact) mass is 267 g/mol. The number of benzene rings is 1. The quantitative estimate of drug-likeness (QED) is 0.586. The minimum atomic E-state index is -0.835. The van der Waals surface area contributed by atoms with Gasteiger partial charge in [0.2, 0.25) is 5.91 Å². The van der Waals surface area contributed by atoms with Crippen molar-refractivity contribution in [3.63, 3.8) is 0 Å². The summed E-state index contributed by atoms with van der Waals surface area (Å²) in [6.07, 6.45) is 0.557. The molecule has 0 spiro atoms. The van der Waals surface area contributed by atoms with Crippen LogP contribution >= 0.6 is 11.8 Å². The molecule has 1 aromatic rings. The highest BCUT2D eigenvalue weighted by molar-refractivity contribution is 8.00. The molecule has 0 atom stereocenters. The van der Waals surface area contributed by atoms with Gasteiger partial charge in [-0.2, -0.15) is 0 Å². The van der Waals surface area contributed by atoms with Crippen LogP contribution < -0.4 is 5.32 Å². The van der Waals surface area contributed by atoms with Crippen molar-refractivity contribution in [1.29, 1.82) is 0 Å². The summed E-state index contributed by atoms with van der Waals surface area (Å²) in [6.45, 7) is 2.42. The van der Waals surface area contributed by atoms with E-state index in [0.29, 0.717) is 18.7 Å². The largest absolute Gasteiger partial charge is 0.481 e. The number of aliphatic carboxylic acids is 1. The summed E-state index contributed by atoms with van der Waals surface area (Å²) >= 11 is 1.49. The molecule has 0 saturated heterocycles. The summed E-state index contributed by atoms with van der Waals surface area (Å²) in [5.41, 5.74) is 1.15. The molecule has 1 rings (SSSR count). The highest BCUT2D eigenvalue weighted by Crippen LogP contribution is 2.21. The molecule has 0 bridgehead atoms. The third-order valence-corrected chi connectivity index (χ3v) is 3.52. The number of amides is 1. The minimum absolute atomic E-state index is 0.0614. The highest BCUT2D eigenvalue weighted by Gasteiger charge is 2.04. The second kappa shape index (κ2) is 7.76. The van der Waals surface area contributed by atoms with Crippen molar-refractivity contribution in [3.8, 4) is 0 Å². The number of thioether (sulfide) groups is 1. The maximum atomic E-state index is 11.5. The topological polar surface area (TPSA) is 66.4 Å². The SMILES string of the molecule is Cc1ccccc1SCC(=O)NCCCC(=O)O. The van der Waals surface area contributed by atoms with Gasteiger partial charge in [0.1, 0.15) is 0 Å². The molecule has 0 aromatic heterocycles. The Labute approximate surface area is 111 Å². The Kier molecular flexibility index (Phi) is 6.28. The van der Waals surface area contributed by atoms with Crippen molar-refractivity contribution in [2.75, 3.05) is 12.3 Å². The molecule has 2 N–H and O–H groups in total. The molecule has 0 heterocycles. The zero-order valence-corrected chi connectivity index (χ0v) is 11.1. The number of nitrogens with one attached hydrogen (secondary N) is 1. The zero-order valence-electron chi connectivity index (χ0n) is 10.3. The van der Waals surface area contributed by atoms with Crippen molar-refractivity contribution in [2.24, 2.45) is 0 Å². The maximum Gasteiger partial charge on any atom is 0.303 e. The molecule has 4 nitrogen and oxygen atoms in total. The standard InChI is InChI=1S/C13H17NO3S/c1-10-5-2-3-6-11(10)18-9-12(15)14-8-4-7-13(16)17/h2-3,5-6H,4,7-9H2,1H3,(H,14,15)(H,16,17). The van der Waals surface area contributed by atoms with E-state index in [9.17, 15) is 9.59 Å². The van der Waals surface area contributed by atoms with Crippen LogP contribution in [0.4, 0.5) is 0 Å². The van der Waals surface area contributed by atoms with Gasteiger partial charge in [-0.05, 0) is 25.0 Å². The normalized spacial score (nSPS) is 10.1. The first-order chi connectivity index (χ1) is 8.59. The Hall–Kier alpha value is -1.49. The van der Waals surface area contributed by atoms with Crippen molar-refractivity contribution in [3.05, 3.63) is 29.8 Å². The molecule has 18 heavy (non-hydrogen) atoms. The minimum Gasteiger partial charge on any atom is -0.481 e. The summed E-state index contributed by atoms with van der Waals surface area (Å²) in [7, 11) is 0. The summed E-state index contributed by atoms with van der Waals surface area (Å²) < 4.78 is 0. The Morgan fingerprint density at radius 3 is 2.72 bits per heavy atom. The van der Waals surface area contributed by atoms with Gasteiger partial charge >= 0.3 is 5.97 Å². The van der Waals surface area contributed by atoms with Gasteiger partial charge in [-0.3, -0.25) is 9.59 Å². The first kappa shape index (κ1) is 14.6. The fraction of sp³-hybridized carbons (Fsp3) is 0.385. The second-order valence-corrected chi connectivity index (χ2v) is 4.92. The Balaban J connectivity index is 2.21. The lowest BCUT2D eigenvalue weighted by Gasteiger charge is -2.06. The van der Waals surface area contributed by atoms with Crippen molar-refractivity contribution >= 4 is 23.6 Å². The van der Waals surface area contributed by atoms with Crippen LogP contribution in [0.2, 0.25) is 0 Å². The molecule has 0 radical (unpaired) electrons. The number of carbonyl (C=O) groups excluding carboxylic acids is 1. The third-order valence-electron chi connectivity index (χ3n) is 2.34. The van der Waals surface area contributed by atoms with Gasteiger partial charge in [0.25, 0.3) is 0 Å². The zero-order chi connectivity index (χ0) is 13.4. The number of aryl methyl sites for hydroxylation is 1. The lowest BCUT2D eigenvalue weighted by atomic mass is 10.2. The van der Waals surface area contributed by atoms with Crippen LogP contribution in [-0.4, -0.2) is 29.3 Å². The van der Waals surface area contributed by atoms with E-state index in [4.69, 9.17) is 5.11 Å². The molecule has 5 heteroatoms. The molecular weight excluding hydrogens is 250 g/mol. The molecule has 98 valence electrons. The van der Waals surface area contributed by atoms with E-state index >= 15 is 0 Å². The molecule has 0 aliphatic carbocycles. The summed E-state index contributed by atoms with van der Waals surface area (Å²) in [4.78, 5) is 22.9. The number of carboxylic acids is 1. The van der Waals surface area contributed by atoms with E-state index < -0.39 is 5.97 Å². The van der Waals surface area contributed by atoms with Crippen LogP contribution in [0.3, 0.4) is 0 Å². The summed E-state index contributed by atoms with van der Waals surface area (Å²) in [6, 6.07) is 7.90. The van der Waals surface area contributed by atoms with Gasteiger partial charge in [-0.15, -0.1) is 11.8 Å². The number of carboxylic acid groups (broad SMARTS) is 1. The van der Waals surface area contributed by atoms with Crippen LogP contribution in [0.1, 0.15) is 18.4 Å². The van der Waals surface area contributed by atoms with Crippen LogP contribution in [0.15, 0.2) is 29.2 Å². The second-order valence-electron chi connectivity index (χ2n) is 3.90. The van der Waals surface area contributed by atoms with Gasteiger partial charge in [0, 0.05) is 17.9 Å². The lowest BCUT2D eigenvalue weighted by Crippen LogP contribution is -2.26. The number of rotatable bonds is 7. The fourth-order valence-corrected chi connectivity index (χ4v) is 2.24. The number of hydrogen-bond acceptors (Lipinski definition) is 3. The molecule has 0 fully saturated rings. The van der Waals surface area contributed by atoms with Crippen LogP contribution in [0.5, 0.6) is 0 Å². The molecular formula is C13H17NO3S. The van der Waals surface area contributed by atoms with Crippen molar-refractivity contribution in [1.82, 2.24) is 5.32 Å². The van der Waals surface area contributed by atoms with Crippen LogP contribution in [0.25, 0.3) is 0 Å². The average molecular weight is 267 g/mol. The van der Waals surface area contributed by atoms with Crippen molar-refractivity contribution in [2.45, 2.75) is 24.7 Å². The van der Waals surface area contributed by atoms with Crippen LogP contribution in [-0.2, 0) is 9.59 Å². The third kappa shape index (κ3) is 5.72. The van der Waals surface area contributed by atoms with E-state index in [2.05, 4.69) is 5.32 Å². The molecule has 0 unspecified atom stereocenters. The molecule has 1 aromatic carbocycles. The van der Waals surface area contributed by atoms with Gasteiger partial charge < -0.3 is 10.4 Å². The predicted molar refractivity (Wildman–Crippen MR) is 71.8 cm³/mol. The summed E-state index contributed by atoms with van der Waals surface area (Å²) in [5, 5.41) is 11.1.